The fourth-order valence-corrected chi connectivity index (χ4v) is 4.29. The third-order valence-corrected chi connectivity index (χ3v) is 5.79. The lowest BCUT2D eigenvalue weighted by Crippen LogP contribution is -2.43. The third-order valence-electron chi connectivity index (χ3n) is 5.54. The molecule has 0 heterocycles. The summed E-state index contributed by atoms with van der Waals surface area (Å²) < 4.78 is 0. The highest BCUT2D eigenvalue weighted by Gasteiger charge is 2.39. The standard InChI is InChI=1S/C22H28ClNO/c1-24(2)21-9-4-3-7-18(21)15-19-8-5-6-14-22(19,25)16-17-10-12-20(23)13-11-17/h3-4,7,9-13,19,25H,5-6,8,14-16H2,1-2H3. The first kappa shape index (κ1) is 18.3. The van der Waals surface area contributed by atoms with Gasteiger partial charge in [0.15, 0.2) is 0 Å². The highest BCUT2D eigenvalue weighted by atomic mass is 35.5. The van der Waals surface area contributed by atoms with Crippen LogP contribution in [0.5, 0.6) is 0 Å². The van der Waals surface area contributed by atoms with E-state index in [4.69, 9.17) is 11.6 Å². The summed E-state index contributed by atoms with van der Waals surface area (Å²) in [6, 6.07) is 16.5. The summed E-state index contributed by atoms with van der Waals surface area (Å²) in [5.41, 5.74) is 3.11. The molecule has 0 amide bonds. The van der Waals surface area contributed by atoms with E-state index in [1.807, 2.05) is 24.3 Å². The van der Waals surface area contributed by atoms with Crippen molar-refractivity contribution in [3.05, 3.63) is 64.7 Å². The van der Waals surface area contributed by atoms with Crippen molar-refractivity contribution in [1.29, 1.82) is 0 Å². The van der Waals surface area contributed by atoms with Gasteiger partial charge in [0.25, 0.3) is 0 Å². The SMILES string of the molecule is CN(C)c1ccccc1CC1CCCCC1(O)Cc1ccc(Cl)cc1. The van der Waals surface area contributed by atoms with Crippen LogP contribution in [0.15, 0.2) is 48.5 Å². The van der Waals surface area contributed by atoms with Crippen molar-refractivity contribution in [2.24, 2.45) is 5.92 Å². The van der Waals surface area contributed by atoms with Gasteiger partial charge in [-0.1, -0.05) is 54.8 Å². The maximum atomic E-state index is 11.5. The molecule has 1 fully saturated rings. The molecule has 0 bridgehead atoms. The van der Waals surface area contributed by atoms with Gasteiger partial charge in [0.05, 0.1) is 5.60 Å². The van der Waals surface area contributed by atoms with Gasteiger partial charge >= 0.3 is 0 Å². The zero-order valence-corrected chi connectivity index (χ0v) is 16.0. The smallest absolute Gasteiger partial charge is 0.0719 e. The first-order valence-corrected chi connectivity index (χ1v) is 9.58. The van der Waals surface area contributed by atoms with Gasteiger partial charge in [0.1, 0.15) is 0 Å². The summed E-state index contributed by atoms with van der Waals surface area (Å²) in [4.78, 5) is 2.16. The van der Waals surface area contributed by atoms with Crippen molar-refractivity contribution >= 4 is 17.3 Å². The van der Waals surface area contributed by atoms with E-state index in [0.29, 0.717) is 6.42 Å². The highest BCUT2D eigenvalue weighted by Crippen LogP contribution is 2.39. The Kier molecular flexibility index (Phi) is 5.71. The Bertz CT molecular complexity index is 697. The summed E-state index contributed by atoms with van der Waals surface area (Å²) in [5, 5.41) is 12.2. The lowest BCUT2D eigenvalue weighted by Gasteiger charge is -2.41. The van der Waals surface area contributed by atoms with Gasteiger partial charge in [-0.25, -0.2) is 0 Å². The van der Waals surface area contributed by atoms with E-state index in [9.17, 15) is 5.11 Å². The van der Waals surface area contributed by atoms with Gasteiger partial charge in [-0.15, -0.1) is 0 Å². The van der Waals surface area contributed by atoms with Crippen LogP contribution in [0.25, 0.3) is 0 Å². The van der Waals surface area contributed by atoms with Crippen molar-refractivity contribution in [2.75, 3.05) is 19.0 Å². The third kappa shape index (κ3) is 4.37. The zero-order chi connectivity index (χ0) is 17.9. The van der Waals surface area contributed by atoms with Crippen molar-refractivity contribution < 1.29 is 5.11 Å². The van der Waals surface area contributed by atoms with Crippen LogP contribution in [-0.2, 0) is 12.8 Å². The number of nitrogens with zero attached hydrogens (tertiary/aromatic N) is 1. The molecule has 1 aliphatic rings. The second-order valence-electron chi connectivity index (χ2n) is 7.58. The van der Waals surface area contributed by atoms with Gasteiger partial charge in [0, 0.05) is 31.2 Å². The minimum atomic E-state index is -0.633. The molecule has 0 aliphatic heterocycles. The number of rotatable bonds is 5. The van der Waals surface area contributed by atoms with E-state index in [2.05, 4.69) is 43.3 Å². The second-order valence-corrected chi connectivity index (χ2v) is 8.01. The van der Waals surface area contributed by atoms with Crippen LogP contribution in [0.1, 0.15) is 36.8 Å². The zero-order valence-electron chi connectivity index (χ0n) is 15.2. The van der Waals surface area contributed by atoms with E-state index in [0.717, 1.165) is 30.7 Å². The molecular formula is C22H28ClNO. The molecule has 2 atom stereocenters. The van der Waals surface area contributed by atoms with E-state index in [-0.39, 0.29) is 5.92 Å². The Balaban J connectivity index is 1.82. The maximum absolute atomic E-state index is 11.5. The second kappa shape index (κ2) is 7.80. The van der Waals surface area contributed by atoms with Crippen LogP contribution in [-0.4, -0.2) is 24.8 Å². The van der Waals surface area contributed by atoms with E-state index >= 15 is 0 Å². The molecule has 25 heavy (non-hydrogen) atoms. The van der Waals surface area contributed by atoms with Crippen molar-refractivity contribution in [1.82, 2.24) is 0 Å². The van der Waals surface area contributed by atoms with Crippen LogP contribution in [0.3, 0.4) is 0 Å². The number of hydrogen-bond acceptors (Lipinski definition) is 2. The Morgan fingerprint density at radius 2 is 1.80 bits per heavy atom. The van der Waals surface area contributed by atoms with Gasteiger partial charge in [-0.2, -0.15) is 0 Å². The van der Waals surface area contributed by atoms with Crippen LogP contribution in [0, 0.1) is 5.92 Å². The van der Waals surface area contributed by atoms with Gasteiger partial charge < -0.3 is 10.0 Å². The van der Waals surface area contributed by atoms with E-state index < -0.39 is 5.60 Å². The minimum absolute atomic E-state index is 0.290. The molecule has 1 saturated carbocycles. The van der Waals surface area contributed by atoms with Crippen LogP contribution in [0.4, 0.5) is 5.69 Å². The normalized spacial score (nSPS) is 23.4. The highest BCUT2D eigenvalue weighted by molar-refractivity contribution is 6.30. The summed E-state index contributed by atoms with van der Waals surface area (Å²) in [6.45, 7) is 0. The minimum Gasteiger partial charge on any atom is -0.389 e. The van der Waals surface area contributed by atoms with Crippen molar-refractivity contribution in [2.45, 2.75) is 44.1 Å². The molecule has 2 nitrogen and oxygen atoms in total. The van der Waals surface area contributed by atoms with Crippen molar-refractivity contribution in [3.63, 3.8) is 0 Å². The van der Waals surface area contributed by atoms with Gasteiger partial charge in [-0.3, -0.25) is 0 Å². The quantitative estimate of drug-likeness (QED) is 0.803. The van der Waals surface area contributed by atoms with E-state index in [1.165, 1.54) is 23.2 Å². The molecule has 1 aliphatic carbocycles. The largest absolute Gasteiger partial charge is 0.389 e. The molecular weight excluding hydrogens is 330 g/mol. The fourth-order valence-electron chi connectivity index (χ4n) is 4.16. The molecule has 3 rings (SSSR count). The molecule has 0 radical (unpaired) electrons. The molecule has 2 unspecified atom stereocenters. The molecule has 2 aromatic carbocycles. The molecule has 3 heteroatoms. The van der Waals surface area contributed by atoms with Crippen LogP contribution >= 0.6 is 11.6 Å². The topological polar surface area (TPSA) is 23.5 Å². The Morgan fingerprint density at radius 1 is 1.08 bits per heavy atom. The number of halogens is 1. The number of aliphatic hydroxyl groups is 1. The monoisotopic (exact) mass is 357 g/mol. The van der Waals surface area contributed by atoms with Crippen LogP contribution < -0.4 is 4.90 Å². The first-order chi connectivity index (χ1) is 12.0. The molecule has 134 valence electrons. The predicted octanol–water partition coefficient (Wildman–Crippen LogP) is 5.11. The summed E-state index contributed by atoms with van der Waals surface area (Å²) >= 11 is 6.01. The van der Waals surface area contributed by atoms with Gasteiger partial charge in [-0.05, 0) is 54.5 Å². The van der Waals surface area contributed by atoms with Crippen molar-refractivity contribution in [3.8, 4) is 0 Å². The fraction of sp³-hybridized carbons (Fsp3) is 0.455. The molecule has 1 N–H and O–H groups in total. The average Bonchev–Trinajstić information content (AvgIpc) is 2.59. The maximum Gasteiger partial charge on any atom is 0.0719 e. The van der Waals surface area contributed by atoms with E-state index in [1.54, 1.807) is 0 Å². The van der Waals surface area contributed by atoms with Crippen LogP contribution in [0.2, 0.25) is 5.02 Å². The summed E-state index contributed by atoms with van der Waals surface area (Å²) in [7, 11) is 4.17. The molecule has 2 aromatic rings. The number of anilines is 1. The molecule has 0 saturated heterocycles. The number of hydrogen-bond donors (Lipinski definition) is 1. The van der Waals surface area contributed by atoms with Gasteiger partial charge in [0.2, 0.25) is 0 Å². The lowest BCUT2D eigenvalue weighted by atomic mass is 9.70. The molecule has 0 aromatic heterocycles. The lowest BCUT2D eigenvalue weighted by molar-refractivity contribution is -0.0476. The summed E-state index contributed by atoms with van der Waals surface area (Å²) in [5.74, 6) is 0.290. The average molecular weight is 358 g/mol. The number of benzene rings is 2. The Labute approximate surface area is 156 Å². The summed E-state index contributed by atoms with van der Waals surface area (Å²) in [6.07, 6.45) is 5.92. The predicted molar refractivity (Wildman–Crippen MR) is 107 cm³/mol. The Morgan fingerprint density at radius 3 is 2.52 bits per heavy atom. The molecule has 0 spiro atoms. The first-order valence-electron chi connectivity index (χ1n) is 9.20. The Hall–Kier alpha value is -1.51. The number of para-hydroxylation sites is 1.